The van der Waals surface area contributed by atoms with Crippen molar-refractivity contribution in [2.75, 3.05) is 12.9 Å². The molecule has 1 aromatic rings. The number of carboxylic acid groups (broad SMARTS) is 1. The van der Waals surface area contributed by atoms with Gasteiger partial charge in [0.1, 0.15) is 0 Å². The first-order valence-corrected chi connectivity index (χ1v) is 6.87. The second kappa shape index (κ2) is 5.79. The average molecular weight is 258 g/mol. The van der Waals surface area contributed by atoms with Crippen molar-refractivity contribution >= 4 is 15.8 Å². The highest BCUT2D eigenvalue weighted by Crippen LogP contribution is 2.11. The Balaban J connectivity index is 2.49. The van der Waals surface area contributed by atoms with Crippen LogP contribution >= 0.6 is 0 Å². The number of sulfone groups is 1. The van der Waals surface area contributed by atoms with Gasteiger partial charge in [0.05, 0.1) is 24.5 Å². The zero-order valence-corrected chi connectivity index (χ0v) is 10.2. The zero-order valence-electron chi connectivity index (χ0n) is 9.42. The van der Waals surface area contributed by atoms with Crippen LogP contribution in [0.25, 0.3) is 0 Å². The topological polar surface area (TPSA) is 80.7 Å². The summed E-state index contributed by atoms with van der Waals surface area (Å²) >= 11 is 0. The molecule has 0 atom stereocenters. The van der Waals surface area contributed by atoms with E-state index >= 15 is 0 Å². The lowest BCUT2D eigenvalue weighted by atomic mass is 10.2. The minimum atomic E-state index is -3.17. The van der Waals surface area contributed by atoms with Crippen molar-refractivity contribution < 1.29 is 23.1 Å². The van der Waals surface area contributed by atoms with Crippen LogP contribution < -0.4 is 0 Å². The molecule has 1 aromatic carbocycles. The van der Waals surface area contributed by atoms with E-state index in [1.165, 1.54) is 12.1 Å². The molecule has 0 bridgehead atoms. The third-order valence-corrected chi connectivity index (χ3v) is 3.21. The summed E-state index contributed by atoms with van der Waals surface area (Å²) in [6, 6.07) is 6.31. The van der Waals surface area contributed by atoms with E-state index < -0.39 is 15.8 Å². The molecule has 17 heavy (non-hydrogen) atoms. The molecule has 1 rings (SSSR count). The van der Waals surface area contributed by atoms with Gasteiger partial charge in [-0.2, -0.15) is 0 Å². The van der Waals surface area contributed by atoms with Crippen molar-refractivity contribution in [1.29, 1.82) is 0 Å². The van der Waals surface area contributed by atoms with Gasteiger partial charge in [0.2, 0.25) is 0 Å². The van der Waals surface area contributed by atoms with E-state index in [0.29, 0.717) is 0 Å². The van der Waals surface area contributed by atoms with Crippen molar-refractivity contribution in [3.05, 3.63) is 29.8 Å². The SMILES string of the molecule is CS(=O)(=O)c1ccc(COCCC(=O)O)cc1. The van der Waals surface area contributed by atoms with Gasteiger partial charge in [0, 0.05) is 6.26 Å². The van der Waals surface area contributed by atoms with Gasteiger partial charge in [0.25, 0.3) is 0 Å². The van der Waals surface area contributed by atoms with Gasteiger partial charge < -0.3 is 9.84 Å². The molecule has 5 nitrogen and oxygen atoms in total. The van der Waals surface area contributed by atoms with Gasteiger partial charge >= 0.3 is 5.97 Å². The fraction of sp³-hybridized carbons (Fsp3) is 0.364. The number of hydrogen-bond acceptors (Lipinski definition) is 4. The summed E-state index contributed by atoms with van der Waals surface area (Å²) in [7, 11) is -3.17. The first kappa shape index (κ1) is 13.7. The fourth-order valence-corrected chi connectivity index (χ4v) is 1.81. The molecule has 6 heteroatoms. The standard InChI is InChI=1S/C11H14O5S/c1-17(14,15)10-4-2-9(3-5-10)8-16-7-6-11(12)13/h2-5H,6-8H2,1H3,(H,12,13). The van der Waals surface area contributed by atoms with Crippen molar-refractivity contribution in [3.8, 4) is 0 Å². The Kier molecular flexibility index (Phi) is 4.65. The number of carboxylic acids is 1. The van der Waals surface area contributed by atoms with Crippen LogP contribution in [0, 0.1) is 0 Å². The van der Waals surface area contributed by atoms with Crippen LogP contribution in [0.15, 0.2) is 29.2 Å². The molecule has 0 aliphatic rings. The largest absolute Gasteiger partial charge is 0.481 e. The quantitative estimate of drug-likeness (QED) is 0.772. The highest BCUT2D eigenvalue weighted by molar-refractivity contribution is 7.90. The highest BCUT2D eigenvalue weighted by atomic mass is 32.2. The van der Waals surface area contributed by atoms with Crippen LogP contribution in [0.5, 0.6) is 0 Å². The van der Waals surface area contributed by atoms with Crippen molar-refractivity contribution in [2.45, 2.75) is 17.9 Å². The molecule has 0 spiro atoms. The first-order chi connectivity index (χ1) is 7.89. The van der Waals surface area contributed by atoms with E-state index in [4.69, 9.17) is 9.84 Å². The predicted octanol–water partition coefficient (Wildman–Crippen LogP) is 1.08. The predicted molar refractivity (Wildman–Crippen MR) is 61.5 cm³/mol. The van der Waals surface area contributed by atoms with E-state index in [1.54, 1.807) is 12.1 Å². The second-order valence-corrected chi connectivity index (χ2v) is 5.63. The monoisotopic (exact) mass is 258 g/mol. The Hall–Kier alpha value is -1.40. The molecule has 0 saturated carbocycles. The summed E-state index contributed by atoms with van der Waals surface area (Å²) in [4.78, 5) is 10.5. The number of aliphatic carboxylic acids is 1. The van der Waals surface area contributed by atoms with Gasteiger partial charge in [-0.1, -0.05) is 12.1 Å². The highest BCUT2D eigenvalue weighted by Gasteiger charge is 2.06. The maximum absolute atomic E-state index is 11.2. The number of ether oxygens (including phenoxy) is 1. The normalized spacial score (nSPS) is 11.4. The van der Waals surface area contributed by atoms with Gasteiger partial charge in [-0.25, -0.2) is 8.42 Å². The third kappa shape index (κ3) is 4.97. The molecule has 0 aliphatic carbocycles. The maximum atomic E-state index is 11.2. The van der Waals surface area contributed by atoms with Gasteiger partial charge in [0.15, 0.2) is 9.84 Å². The summed E-state index contributed by atoms with van der Waals surface area (Å²) in [6.07, 6.45) is 1.10. The van der Waals surface area contributed by atoms with Crippen molar-refractivity contribution in [2.24, 2.45) is 0 Å². The van der Waals surface area contributed by atoms with Gasteiger partial charge in [-0.15, -0.1) is 0 Å². The first-order valence-electron chi connectivity index (χ1n) is 4.98. The Morgan fingerprint density at radius 3 is 2.35 bits per heavy atom. The van der Waals surface area contributed by atoms with Crippen molar-refractivity contribution in [1.82, 2.24) is 0 Å². The zero-order chi connectivity index (χ0) is 12.9. The number of hydrogen-bond donors (Lipinski definition) is 1. The molecule has 0 saturated heterocycles. The lowest BCUT2D eigenvalue weighted by molar-refractivity contribution is -0.138. The molecule has 0 aromatic heterocycles. The molecule has 0 heterocycles. The summed E-state index contributed by atoms with van der Waals surface area (Å²) in [5, 5.41) is 8.39. The van der Waals surface area contributed by atoms with E-state index in [1.807, 2.05) is 0 Å². The summed E-state index contributed by atoms with van der Waals surface area (Å²) in [6.45, 7) is 0.417. The average Bonchev–Trinajstić information content (AvgIpc) is 2.23. The van der Waals surface area contributed by atoms with Gasteiger partial charge in [-0.3, -0.25) is 4.79 Å². The van der Waals surface area contributed by atoms with Crippen LogP contribution in [0.3, 0.4) is 0 Å². The van der Waals surface area contributed by atoms with Crippen LogP contribution in [0.2, 0.25) is 0 Å². The molecule has 0 aliphatic heterocycles. The molecule has 0 fully saturated rings. The molecule has 0 unspecified atom stereocenters. The summed E-state index contributed by atoms with van der Waals surface area (Å²) in [5.41, 5.74) is 0.808. The van der Waals surface area contributed by atoms with Gasteiger partial charge in [-0.05, 0) is 17.7 Å². The smallest absolute Gasteiger partial charge is 0.305 e. The van der Waals surface area contributed by atoms with E-state index in [2.05, 4.69) is 0 Å². The molecule has 0 amide bonds. The summed E-state index contributed by atoms with van der Waals surface area (Å²) < 4.78 is 27.5. The lowest BCUT2D eigenvalue weighted by Gasteiger charge is -2.04. The fourth-order valence-electron chi connectivity index (χ4n) is 1.18. The van der Waals surface area contributed by atoms with Crippen LogP contribution in [-0.2, 0) is 26.0 Å². The van der Waals surface area contributed by atoms with Crippen LogP contribution in [0.4, 0.5) is 0 Å². The number of rotatable bonds is 6. The van der Waals surface area contributed by atoms with Crippen LogP contribution in [0.1, 0.15) is 12.0 Å². The summed E-state index contributed by atoms with van der Waals surface area (Å²) in [5.74, 6) is -0.905. The Bertz CT molecular complexity index is 475. The molecule has 1 N–H and O–H groups in total. The second-order valence-electron chi connectivity index (χ2n) is 3.61. The molecule has 94 valence electrons. The molecular weight excluding hydrogens is 244 g/mol. The van der Waals surface area contributed by atoms with E-state index in [-0.39, 0.29) is 24.5 Å². The Morgan fingerprint density at radius 2 is 1.88 bits per heavy atom. The number of benzene rings is 1. The van der Waals surface area contributed by atoms with Crippen LogP contribution in [-0.4, -0.2) is 32.4 Å². The Labute approximate surface area is 100.0 Å². The molecule has 0 radical (unpaired) electrons. The maximum Gasteiger partial charge on any atom is 0.305 e. The van der Waals surface area contributed by atoms with E-state index in [0.717, 1.165) is 11.8 Å². The number of carbonyl (C=O) groups is 1. The van der Waals surface area contributed by atoms with E-state index in [9.17, 15) is 13.2 Å². The van der Waals surface area contributed by atoms with Crippen molar-refractivity contribution in [3.63, 3.8) is 0 Å². The third-order valence-electron chi connectivity index (χ3n) is 2.08. The minimum absolute atomic E-state index is 0.0403. The minimum Gasteiger partial charge on any atom is -0.481 e. The molecular formula is C11H14O5S. The lowest BCUT2D eigenvalue weighted by Crippen LogP contribution is -2.03. The Morgan fingerprint density at radius 1 is 1.29 bits per heavy atom.